The molecule has 1 heterocycles. The highest BCUT2D eigenvalue weighted by atomic mass is 16.5. The average molecular weight is 351 g/mol. The first-order valence-electron chi connectivity index (χ1n) is 9.91. The van der Waals surface area contributed by atoms with Crippen LogP contribution in [0.5, 0.6) is 5.75 Å². The molecule has 3 nitrogen and oxygen atoms in total. The van der Waals surface area contributed by atoms with Gasteiger partial charge in [-0.2, -0.15) is 0 Å². The minimum absolute atomic E-state index is 0.508. The lowest BCUT2D eigenvalue weighted by molar-refractivity contribution is 0.289. The number of benzene rings is 2. The van der Waals surface area contributed by atoms with Crippen LogP contribution in [0.1, 0.15) is 56.8 Å². The summed E-state index contributed by atoms with van der Waals surface area (Å²) in [6.45, 7) is 5.87. The van der Waals surface area contributed by atoms with Crippen molar-refractivity contribution in [3.8, 4) is 5.75 Å². The summed E-state index contributed by atoms with van der Waals surface area (Å²) in [7, 11) is 0. The Balaban J connectivity index is 1.68. The molecule has 0 atom stereocenters. The van der Waals surface area contributed by atoms with Crippen LogP contribution in [0.4, 0.5) is 0 Å². The summed E-state index contributed by atoms with van der Waals surface area (Å²) >= 11 is 0. The SMILES string of the molecule is CCCCCCCCn1c(COc2cccc(C)c2)nc2ccccc21. The van der Waals surface area contributed by atoms with E-state index < -0.39 is 0 Å². The summed E-state index contributed by atoms with van der Waals surface area (Å²) in [4.78, 5) is 4.82. The van der Waals surface area contributed by atoms with Crippen molar-refractivity contribution in [2.75, 3.05) is 0 Å². The van der Waals surface area contributed by atoms with Gasteiger partial charge in [-0.3, -0.25) is 0 Å². The van der Waals surface area contributed by atoms with Crippen molar-refractivity contribution in [3.05, 3.63) is 59.9 Å². The molecule has 0 saturated heterocycles. The molecule has 0 unspecified atom stereocenters. The minimum Gasteiger partial charge on any atom is -0.486 e. The normalized spacial score (nSPS) is 11.2. The standard InChI is InChI=1S/C23H30N2O/c1-3-4-5-6-7-10-16-25-22-15-9-8-14-21(22)24-23(25)18-26-20-13-11-12-19(2)17-20/h8-9,11-15,17H,3-7,10,16,18H2,1-2H3. The van der Waals surface area contributed by atoms with Gasteiger partial charge in [0.15, 0.2) is 0 Å². The van der Waals surface area contributed by atoms with Crippen LogP contribution >= 0.6 is 0 Å². The van der Waals surface area contributed by atoms with E-state index in [1.165, 1.54) is 49.6 Å². The summed E-state index contributed by atoms with van der Waals surface area (Å²) in [6, 6.07) is 16.6. The number of aromatic nitrogens is 2. The van der Waals surface area contributed by atoms with Crippen molar-refractivity contribution >= 4 is 11.0 Å². The molecular formula is C23H30N2O. The van der Waals surface area contributed by atoms with Crippen LogP contribution < -0.4 is 4.74 Å². The van der Waals surface area contributed by atoms with E-state index in [4.69, 9.17) is 9.72 Å². The van der Waals surface area contributed by atoms with E-state index in [2.05, 4.69) is 54.8 Å². The Morgan fingerprint density at radius 3 is 2.58 bits per heavy atom. The van der Waals surface area contributed by atoms with Gasteiger partial charge in [-0.15, -0.1) is 0 Å². The predicted molar refractivity (Wildman–Crippen MR) is 109 cm³/mol. The second-order valence-electron chi connectivity index (χ2n) is 7.04. The van der Waals surface area contributed by atoms with Gasteiger partial charge in [-0.1, -0.05) is 63.3 Å². The van der Waals surface area contributed by atoms with E-state index in [9.17, 15) is 0 Å². The molecular weight excluding hydrogens is 320 g/mol. The first-order chi connectivity index (χ1) is 12.8. The number of para-hydroxylation sites is 2. The Kier molecular flexibility index (Phi) is 6.70. The van der Waals surface area contributed by atoms with Gasteiger partial charge in [-0.25, -0.2) is 4.98 Å². The van der Waals surface area contributed by atoms with Crippen LogP contribution in [-0.2, 0) is 13.2 Å². The van der Waals surface area contributed by atoms with Gasteiger partial charge in [0.2, 0.25) is 0 Å². The smallest absolute Gasteiger partial charge is 0.147 e. The Hall–Kier alpha value is -2.29. The molecule has 0 N–H and O–H groups in total. The van der Waals surface area contributed by atoms with Crippen LogP contribution in [-0.4, -0.2) is 9.55 Å². The van der Waals surface area contributed by atoms with Gasteiger partial charge in [-0.05, 0) is 43.2 Å². The summed E-state index contributed by atoms with van der Waals surface area (Å²) in [6.07, 6.45) is 7.81. The zero-order chi connectivity index (χ0) is 18.2. The number of rotatable bonds is 10. The fraction of sp³-hybridized carbons (Fsp3) is 0.435. The Labute approximate surface area is 157 Å². The van der Waals surface area contributed by atoms with Crippen molar-refractivity contribution in [1.82, 2.24) is 9.55 Å². The Bertz CT molecular complexity index is 822. The Morgan fingerprint density at radius 1 is 0.923 bits per heavy atom. The molecule has 3 rings (SSSR count). The number of unbranched alkanes of at least 4 members (excludes halogenated alkanes) is 5. The van der Waals surface area contributed by atoms with Crippen molar-refractivity contribution in [3.63, 3.8) is 0 Å². The average Bonchev–Trinajstić information content (AvgIpc) is 3.01. The quantitative estimate of drug-likeness (QED) is 0.402. The number of imidazole rings is 1. The zero-order valence-corrected chi connectivity index (χ0v) is 16.1. The number of aryl methyl sites for hydroxylation is 2. The van der Waals surface area contributed by atoms with E-state index in [1.807, 2.05) is 12.1 Å². The number of nitrogens with zero attached hydrogens (tertiary/aromatic N) is 2. The van der Waals surface area contributed by atoms with Crippen LogP contribution in [0.3, 0.4) is 0 Å². The lowest BCUT2D eigenvalue weighted by Gasteiger charge is -2.11. The van der Waals surface area contributed by atoms with E-state index in [0.717, 1.165) is 23.6 Å². The maximum absolute atomic E-state index is 6.02. The van der Waals surface area contributed by atoms with E-state index in [1.54, 1.807) is 0 Å². The molecule has 0 spiro atoms. The summed E-state index contributed by atoms with van der Waals surface area (Å²) in [5, 5.41) is 0. The largest absolute Gasteiger partial charge is 0.486 e. The molecule has 3 aromatic rings. The lowest BCUT2D eigenvalue weighted by Crippen LogP contribution is -2.07. The molecule has 1 aromatic heterocycles. The lowest BCUT2D eigenvalue weighted by atomic mass is 10.1. The molecule has 0 fully saturated rings. The third kappa shape index (κ3) is 4.87. The highest BCUT2D eigenvalue weighted by Crippen LogP contribution is 2.20. The molecule has 0 aliphatic rings. The number of hydrogen-bond donors (Lipinski definition) is 0. The summed E-state index contributed by atoms with van der Waals surface area (Å²) in [5.41, 5.74) is 3.48. The van der Waals surface area contributed by atoms with Crippen molar-refractivity contribution < 1.29 is 4.74 Å². The van der Waals surface area contributed by atoms with Crippen molar-refractivity contribution in [2.24, 2.45) is 0 Å². The molecule has 0 amide bonds. The highest BCUT2D eigenvalue weighted by molar-refractivity contribution is 5.75. The van der Waals surface area contributed by atoms with Crippen molar-refractivity contribution in [2.45, 2.75) is 65.5 Å². The van der Waals surface area contributed by atoms with Crippen LogP contribution in [0.2, 0.25) is 0 Å². The number of ether oxygens (including phenoxy) is 1. The van der Waals surface area contributed by atoms with Gasteiger partial charge in [0.25, 0.3) is 0 Å². The van der Waals surface area contributed by atoms with E-state index in [-0.39, 0.29) is 0 Å². The highest BCUT2D eigenvalue weighted by Gasteiger charge is 2.11. The first-order valence-corrected chi connectivity index (χ1v) is 9.91. The fourth-order valence-corrected chi connectivity index (χ4v) is 3.39. The van der Waals surface area contributed by atoms with Gasteiger partial charge < -0.3 is 9.30 Å². The van der Waals surface area contributed by atoms with Gasteiger partial charge in [0, 0.05) is 6.54 Å². The molecule has 2 aromatic carbocycles. The van der Waals surface area contributed by atoms with Gasteiger partial charge in [0.05, 0.1) is 11.0 Å². The topological polar surface area (TPSA) is 27.1 Å². The maximum Gasteiger partial charge on any atom is 0.147 e. The minimum atomic E-state index is 0.508. The number of fused-ring (bicyclic) bond motifs is 1. The fourth-order valence-electron chi connectivity index (χ4n) is 3.39. The molecule has 0 radical (unpaired) electrons. The predicted octanol–water partition coefficient (Wildman–Crippen LogP) is 6.28. The third-order valence-corrected chi connectivity index (χ3v) is 4.83. The zero-order valence-electron chi connectivity index (χ0n) is 16.1. The Morgan fingerprint density at radius 2 is 1.73 bits per heavy atom. The van der Waals surface area contributed by atoms with Crippen LogP contribution in [0, 0.1) is 6.92 Å². The van der Waals surface area contributed by atoms with Crippen molar-refractivity contribution in [1.29, 1.82) is 0 Å². The monoisotopic (exact) mass is 350 g/mol. The molecule has 26 heavy (non-hydrogen) atoms. The van der Waals surface area contributed by atoms with E-state index in [0.29, 0.717) is 6.61 Å². The molecule has 0 aliphatic carbocycles. The maximum atomic E-state index is 6.02. The number of hydrogen-bond acceptors (Lipinski definition) is 2. The second-order valence-corrected chi connectivity index (χ2v) is 7.04. The molecule has 138 valence electrons. The van der Waals surface area contributed by atoms with Gasteiger partial charge >= 0.3 is 0 Å². The van der Waals surface area contributed by atoms with Crippen LogP contribution in [0.15, 0.2) is 48.5 Å². The molecule has 0 aliphatic heterocycles. The second kappa shape index (κ2) is 9.42. The molecule has 0 saturated carbocycles. The summed E-state index contributed by atoms with van der Waals surface area (Å²) < 4.78 is 8.36. The van der Waals surface area contributed by atoms with Crippen LogP contribution in [0.25, 0.3) is 11.0 Å². The third-order valence-electron chi connectivity index (χ3n) is 4.83. The molecule has 3 heteroatoms. The van der Waals surface area contributed by atoms with Gasteiger partial charge in [0.1, 0.15) is 18.2 Å². The summed E-state index contributed by atoms with van der Waals surface area (Å²) in [5.74, 6) is 1.92. The van der Waals surface area contributed by atoms with E-state index >= 15 is 0 Å². The first kappa shape index (κ1) is 18.5. The molecule has 0 bridgehead atoms.